The second-order valence-corrected chi connectivity index (χ2v) is 9.81. The van der Waals surface area contributed by atoms with Crippen LogP contribution in [0.3, 0.4) is 0 Å². The van der Waals surface area contributed by atoms with E-state index < -0.39 is 4.92 Å². The molecule has 2 heterocycles. The molecule has 3 aromatic carbocycles. The standard InChI is InChI=1S/C31H31N5O3/c1-23-10-11-26(21-24(23)2)29-22-30(35(32-29)27-12-14-28(15-13-27)36(38)39)31(37)34-19-17-33(18-20-34)16-6-9-25-7-4-3-5-8-25/h3-15,21-22H,16-20H2,1-2H3. The number of carbonyl (C=O) groups excluding carboxylic acids is 1. The van der Waals surface area contributed by atoms with E-state index in [0.717, 1.165) is 30.8 Å². The molecule has 0 radical (unpaired) electrons. The van der Waals surface area contributed by atoms with Crippen molar-refractivity contribution in [2.75, 3.05) is 32.7 Å². The molecule has 4 aromatic rings. The molecule has 1 aliphatic rings. The number of nitro groups is 1. The normalized spacial score (nSPS) is 14.2. The highest BCUT2D eigenvalue weighted by Gasteiger charge is 2.26. The first-order chi connectivity index (χ1) is 18.9. The summed E-state index contributed by atoms with van der Waals surface area (Å²) in [6.45, 7) is 7.72. The van der Waals surface area contributed by atoms with Gasteiger partial charge in [0.2, 0.25) is 0 Å². The first-order valence-corrected chi connectivity index (χ1v) is 13.0. The van der Waals surface area contributed by atoms with Gasteiger partial charge >= 0.3 is 0 Å². The third-order valence-corrected chi connectivity index (χ3v) is 7.17. The average Bonchev–Trinajstić information content (AvgIpc) is 3.41. The number of hydrogen-bond acceptors (Lipinski definition) is 5. The van der Waals surface area contributed by atoms with Crippen LogP contribution in [0.2, 0.25) is 0 Å². The molecule has 0 saturated carbocycles. The van der Waals surface area contributed by atoms with Gasteiger partial charge in [0.05, 0.1) is 16.3 Å². The maximum atomic E-state index is 13.8. The molecule has 8 heteroatoms. The van der Waals surface area contributed by atoms with E-state index >= 15 is 0 Å². The van der Waals surface area contributed by atoms with Crippen LogP contribution in [-0.4, -0.2) is 63.1 Å². The molecule has 39 heavy (non-hydrogen) atoms. The molecule has 1 fully saturated rings. The summed E-state index contributed by atoms with van der Waals surface area (Å²) in [5.41, 5.74) is 6.13. The van der Waals surface area contributed by atoms with Gasteiger partial charge in [-0.1, -0.05) is 54.6 Å². The molecule has 0 aliphatic carbocycles. The largest absolute Gasteiger partial charge is 0.335 e. The number of rotatable bonds is 7. The van der Waals surface area contributed by atoms with Crippen molar-refractivity contribution in [2.45, 2.75) is 13.8 Å². The van der Waals surface area contributed by atoms with E-state index in [2.05, 4.69) is 42.2 Å². The lowest BCUT2D eigenvalue weighted by Gasteiger charge is -2.34. The van der Waals surface area contributed by atoms with Gasteiger partial charge in [-0.3, -0.25) is 19.8 Å². The number of non-ortho nitro benzene ring substituents is 1. The van der Waals surface area contributed by atoms with Gasteiger partial charge < -0.3 is 4.90 Å². The third kappa shape index (κ3) is 5.97. The maximum Gasteiger partial charge on any atom is 0.272 e. The van der Waals surface area contributed by atoms with Crippen LogP contribution >= 0.6 is 0 Å². The molecule has 0 bridgehead atoms. The smallest absolute Gasteiger partial charge is 0.272 e. The van der Waals surface area contributed by atoms with E-state index in [1.165, 1.54) is 23.3 Å². The Hall–Kier alpha value is -4.56. The Morgan fingerprint density at radius 1 is 0.923 bits per heavy atom. The molecule has 1 saturated heterocycles. The highest BCUT2D eigenvalue weighted by Crippen LogP contribution is 2.26. The Morgan fingerprint density at radius 3 is 2.31 bits per heavy atom. The molecule has 1 aromatic heterocycles. The minimum absolute atomic E-state index is 0.00870. The number of hydrogen-bond donors (Lipinski definition) is 0. The third-order valence-electron chi connectivity index (χ3n) is 7.17. The number of amides is 1. The molecule has 0 unspecified atom stereocenters. The van der Waals surface area contributed by atoms with Crippen LogP contribution in [0.15, 0.2) is 84.9 Å². The van der Waals surface area contributed by atoms with Crippen molar-refractivity contribution in [3.63, 3.8) is 0 Å². The Kier molecular flexibility index (Phi) is 7.65. The number of nitrogens with zero attached hydrogens (tertiary/aromatic N) is 5. The highest BCUT2D eigenvalue weighted by molar-refractivity contribution is 5.94. The zero-order chi connectivity index (χ0) is 27.4. The predicted octanol–water partition coefficient (Wildman–Crippen LogP) is 5.54. The van der Waals surface area contributed by atoms with Crippen molar-refractivity contribution in [1.29, 1.82) is 0 Å². The van der Waals surface area contributed by atoms with Gasteiger partial charge in [-0.05, 0) is 54.8 Å². The quantitative estimate of drug-likeness (QED) is 0.236. The van der Waals surface area contributed by atoms with Gasteiger partial charge in [-0.2, -0.15) is 5.10 Å². The van der Waals surface area contributed by atoms with Gasteiger partial charge in [0, 0.05) is 50.4 Å². The van der Waals surface area contributed by atoms with Crippen LogP contribution in [-0.2, 0) is 0 Å². The van der Waals surface area contributed by atoms with E-state index in [1.807, 2.05) is 48.2 Å². The van der Waals surface area contributed by atoms with Crippen molar-refractivity contribution in [3.05, 3.63) is 117 Å². The summed E-state index contributed by atoms with van der Waals surface area (Å²) in [5, 5.41) is 15.9. The van der Waals surface area contributed by atoms with E-state index in [4.69, 9.17) is 5.10 Å². The van der Waals surface area contributed by atoms with Crippen LogP contribution in [0.5, 0.6) is 0 Å². The molecule has 8 nitrogen and oxygen atoms in total. The molecule has 0 spiro atoms. The Balaban J connectivity index is 1.36. The van der Waals surface area contributed by atoms with E-state index in [1.54, 1.807) is 16.8 Å². The van der Waals surface area contributed by atoms with Crippen LogP contribution in [0, 0.1) is 24.0 Å². The van der Waals surface area contributed by atoms with Crippen LogP contribution in [0.25, 0.3) is 23.0 Å². The van der Waals surface area contributed by atoms with Gasteiger partial charge in [0.15, 0.2) is 0 Å². The SMILES string of the molecule is Cc1ccc(-c2cc(C(=O)N3CCN(CC=Cc4ccccc4)CC3)n(-c3ccc([N+](=O)[O-])cc3)n2)cc1C. The monoisotopic (exact) mass is 521 g/mol. The molecule has 0 atom stereocenters. The van der Waals surface area contributed by atoms with Crippen molar-refractivity contribution in [1.82, 2.24) is 19.6 Å². The number of benzene rings is 3. The second-order valence-electron chi connectivity index (χ2n) is 9.81. The number of carbonyl (C=O) groups is 1. The van der Waals surface area contributed by atoms with Crippen LogP contribution < -0.4 is 0 Å². The topological polar surface area (TPSA) is 84.5 Å². The summed E-state index contributed by atoms with van der Waals surface area (Å²) in [4.78, 5) is 28.7. The van der Waals surface area contributed by atoms with Gasteiger partial charge in [0.1, 0.15) is 5.69 Å². The van der Waals surface area contributed by atoms with Gasteiger partial charge in [-0.25, -0.2) is 4.68 Å². The van der Waals surface area contributed by atoms with Crippen molar-refractivity contribution in [3.8, 4) is 16.9 Å². The summed E-state index contributed by atoms with van der Waals surface area (Å²) in [6, 6.07) is 24.3. The molecule has 1 amide bonds. The zero-order valence-corrected chi connectivity index (χ0v) is 22.2. The summed E-state index contributed by atoms with van der Waals surface area (Å²) >= 11 is 0. The van der Waals surface area contributed by atoms with Crippen molar-refractivity contribution < 1.29 is 9.72 Å². The summed E-state index contributed by atoms with van der Waals surface area (Å²) in [5.74, 6) is -0.101. The number of piperazine rings is 1. The minimum atomic E-state index is -0.437. The van der Waals surface area contributed by atoms with E-state index in [0.29, 0.717) is 30.2 Å². The minimum Gasteiger partial charge on any atom is -0.335 e. The lowest BCUT2D eigenvalue weighted by molar-refractivity contribution is -0.384. The number of aromatic nitrogens is 2. The van der Waals surface area contributed by atoms with Gasteiger partial charge in [0.25, 0.3) is 11.6 Å². The summed E-state index contributed by atoms with van der Waals surface area (Å²) in [6.07, 6.45) is 4.28. The Morgan fingerprint density at radius 2 is 1.64 bits per heavy atom. The number of nitro benzene ring substituents is 1. The first-order valence-electron chi connectivity index (χ1n) is 13.0. The Labute approximate surface area is 227 Å². The molecule has 198 valence electrons. The zero-order valence-electron chi connectivity index (χ0n) is 22.2. The maximum absolute atomic E-state index is 13.8. The lowest BCUT2D eigenvalue weighted by Crippen LogP contribution is -2.49. The summed E-state index contributed by atoms with van der Waals surface area (Å²) in [7, 11) is 0. The first kappa shape index (κ1) is 26.1. The average molecular weight is 522 g/mol. The fourth-order valence-corrected chi connectivity index (χ4v) is 4.69. The van der Waals surface area contributed by atoms with Crippen molar-refractivity contribution in [2.24, 2.45) is 0 Å². The van der Waals surface area contributed by atoms with E-state index in [9.17, 15) is 14.9 Å². The molecule has 5 rings (SSSR count). The predicted molar refractivity (Wildman–Crippen MR) is 153 cm³/mol. The second kappa shape index (κ2) is 11.4. The van der Waals surface area contributed by atoms with E-state index in [-0.39, 0.29) is 11.6 Å². The van der Waals surface area contributed by atoms with Crippen LogP contribution in [0.1, 0.15) is 27.2 Å². The molecule has 1 aliphatic heterocycles. The fraction of sp³-hybridized carbons (Fsp3) is 0.226. The molecule has 0 N–H and O–H groups in total. The van der Waals surface area contributed by atoms with Crippen molar-refractivity contribution >= 4 is 17.7 Å². The highest BCUT2D eigenvalue weighted by atomic mass is 16.6. The van der Waals surface area contributed by atoms with Gasteiger partial charge in [-0.15, -0.1) is 0 Å². The van der Waals surface area contributed by atoms with Crippen LogP contribution in [0.4, 0.5) is 5.69 Å². The number of aryl methyl sites for hydroxylation is 2. The lowest BCUT2D eigenvalue weighted by atomic mass is 10.0. The molecular formula is C31H31N5O3. The summed E-state index contributed by atoms with van der Waals surface area (Å²) < 4.78 is 1.60. The Bertz CT molecular complexity index is 1500. The molecular weight excluding hydrogens is 490 g/mol. The fourth-order valence-electron chi connectivity index (χ4n) is 4.69.